The van der Waals surface area contributed by atoms with Crippen molar-refractivity contribution < 1.29 is 29.0 Å². The molecule has 0 saturated carbocycles. The molecule has 31 heavy (non-hydrogen) atoms. The predicted molar refractivity (Wildman–Crippen MR) is 116 cm³/mol. The average Bonchev–Trinajstić information content (AvgIpc) is 3.24. The molecule has 3 N–H and O–H groups in total. The number of carbonyl (C=O) groups is 1. The molecule has 0 bridgehead atoms. The van der Waals surface area contributed by atoms with E-state index in [1.54, 1.807) is 42.5 Å². The van der Waals surface area contributed by atoms with E-state index in [4.69, 9.17) is 30.7 Å². The summed E-state index contributed by atoms with van der Waals surface area (Å²) in [7, 11) is 0. The molecule has 1 atom stereocenters. The highest BCUT2D eigenvalue weighted by Gasteiger charge is 2.15. The molecule has 0 spiro atoms. The average molecular weight is 447 g/mol. The van der Waals surface area contributed by atoms with Crippen LogP contribution in [0.15, 0.2) is 53.1 Å². The SMILES string of the molecule is CC(C)Oc1ccc(NC(=O)c2cc(-c3ccc(OC[C@H](O)CO)cc3)on2)cc1Cl. The van der Waals surface area contributed by atoms with E-state index in [2.05, 4.69) is 10.5 Å². The Morgan fingerprint density at radius 2 is 1.94 bits per heavy atom. The molecule has 0 aliphatic heterocycles. The first-order chi connectivity index (χ1) is 14.9. The second-order valence-corrected chi connectivity index (χ2v) is 7.42. The number of aliphatic hydroxyl groups is 2. The Bertz CT molecular complexity index is 1020. The lowest BCUT2D eigenvalue weighted by Crippen LogP contribution is -2.21. The Balaban J connectivity index is 1.63. The molecule has 9 heteroatoms. The molecule has 0 aliphatic carbocycles. The smallest absolute Gasteiger partial charge is 0.277 e. The van der Waals surface area contributed by atoms with E-state index < -0.39 is 12.0 Å². The number of aliphatic hydroxyl groups excluding tert-OH is 2. The van der Waals surface area contributed by atoms with Crippen molar-refractivity contribution in [2.45, 2.75) is 26.1 Å². The van der Waals surface area contributed by atoms with Crippen molar-refractivity contribution in [2.24, 2.45) is 0 Å². The fourth-order valence-corrected chi connectivity index (χ4v) is 2.83. The molecule has 0 unspecified atom stereocenters. The van der Waals surface area contributed by atoms with Crippen molar-refractivity contribution in [1.29, 1.82) is 0 Å². The minimum absolute atomic E-state index is 0.0146. The number of benzene rings is 2. The lowest BCUT2D eigenvalue weighted by molar-refractivity contribution is 0.0536. The first-order valence-electron chi connectivity index (χ1n) is 9.62. The number of anilines is 1. The summed E-state index contributed by atoms with van der Waals surface area (Å²) in [6.07, 6.45) is -0.955. The molecule has 0 saturated heterocycles. The number of carbonyl (C=O) groups excluding carboxylic acids is 1. The van der Waals surface area contributed by atoms with Gasteiger partial charge >= 0.3 is 0 Å². The second-order valence-electron chi connectivity index (χ2n) is 7.01. The van der Waals surface area contributed by atoms with Crippen LogP contribution in [-0.4, -0.2) is 46.7 Å². The third kappa shape index (κ3) is 6.21. The van der Waals surface area contributed by atoms with Crippen LogP contribution in [0.5, 0.6) is 11.5 Å². The molecule has 1 amide bonds. The van der Waals surface area contributed by atoms with E-state index in [9.17, 15) is 9.90 Å². The number of amides is 1. The maximum Gasteiger partial charge on any atom is 0.277 e. The van der Waals surface area contributed by atoms with Crippen molar-refractivity contribution in [3.05, 3.63) is 59.2 Å². The number of aromatic nitrogens is 1. The summed E-state index contributed by atoms with van der Waals surface area (Å²) in [5.74, 6) is 1.03. The van der Waals surface area contributed by atoms with Gasteiger partial charge in [0.15, 0.2) is 11.5 Å². The van der Waals surface area contributed by atoms with Gasteiger partial charge in [-0.2, -0.15) is 0 Å². The van der Waals surface area contributed by atoms with Crippen molar-refractivity contribution >= 4 is 23.2 Å². The highest BCUT2D eigenvalue weighted by molar-refractivity contribution is 6.32. The number of rotatable bonds is 9. The quantitative estimate of drug-likeness (QED) is 0.458. The van der Waals surface area contributed by atoms with Crippen LogP contribution in [-0.2, 0) is 0 Å². The van der Waals surface area contributed by atoms with Gasteiger partial charge in [0.25, 0.3) is 5.91 Å². The fraction of sp³-hybridized carbons (Fsp3) is 0.273. The Hall–Kier alpha value is -3.07. The van der Waals surface area contributed by atoms with Crippen LogP contribution in [0.25, 0.3) is 11.3 Å². The molecule has 3 rings (SSSR count). The summed E-state index contributed by atoms with van der Waals surface area (Å²) >= 11 is 6.20. The van der Waals surface area contributed by atoms with Gasteiger partial charge < -0.3 is 29.5 Å². The van der Waals surface area contributed by atoms with Crippen LogP contribution in [0.1, 0.15) is 24.3 Å². The van der Waals surface area contributed by atoms with Crippen LogP contribution in [0.3, 0.4) is 0 Å². The van der Waals surface area contributed by atoms with Crippen LogP contribution in [0.2, 0.25) is 5.02 Å². The molecular weight excluding hydrogens is 424 g/mol. The number of nitrogens with zero attached hydrogens (tertiary/aromatic N) is 1. The van der Waals surface area contributed by atoms with Gasteiger partial charge in [-0.05, 0) is 56.3 Å². The summed E-state index contributed by atoms with van der Waals surface area (Å²) in [4.78, 5) is 12.5. The molecular formula is C22H23ClN2O6. The monoisotopic (exact) mass is 446 g/mol. The maximum absolute atomic E-state index is 12.5. The summed E-state index contributed by atoms with van der Waals surface area (Å²) in [5, 5.41) is 25.1. The zero-order valence-corrected chi connectivity index (χ0v) is 17.8. The molecule has 0 radical (unpaired) electrons. The van der Waals surface area contributed by atoms with Gasteiger partial charge in [-0.1, -0.05) is 16.8 Å². The largest absolute Gasteiger partial charge is 0.491 e. The Morgan fingerprint density at radius 3 is 2.58 bits per heavy atom. The first-order valence-corrected chi connectivity index (χ1v) is 10.00. The van der Waals surface area contributed by atoms with Gasteiger partial charge in [0, 0.05) is 17.3 Å². The van der Waals surface area contributed by atoms with E-state index in [0.29, 0.717) is 33.5 Å². The van der Waals surface area contributed by atoms with Crippen LogP contribution in [0, 0.1) is 0 Å². The van der Waals surface area contributed by atoms with Gasteiger partial charge in [-0.3, -0.25) is 4.79 Å². The highest BCUT2D eigenvalue weighted by atomic mass is 35.5. The fourth-order valence-electron chi connectivity index (χ4n) is 2.60. The highest BCUT2D eigenvalue weighted by Crippen LogP contribution is 2.29. The van der Waals surface area contributed by atoms with E-state index in [-0.39, 0.29) is 25.0 Å². The lowest BCUT2D eigenvalue weighted by Gasteiger charge is -2.12. The zero-order valence-electron chi connectivity index (χ0n) is 17.0. The van der Waals surface area contributed by atoms with Gasteiger partial charge in [0.1, 0.15) is 24.2 Å². The number of halogens is 1. The summed E-state index contributed by atoms with van der Waals surface area (Å²) in [6.45, 7) is 3.41. The number of hydrogen-bond acceptors (Lipinski definition) is 7. The Morgan fingerprint density at radius 1 is 1.19 bits per heavy atom. The topological polar surface area (TPSA) is 114 Å². The Labute approximate surface area is 184 Å². The Kier molecular flexibility index (Phi) is 7.51. The number of nitrogens with one attached hydrogen (secondary N) is 1. The molecule has 1 aromatic heterocycles. The number of ether oxygens (including phenoxy) is 2. The molecule has 0 aliphatic rings. The van der Waals surface area contributed by atoms with Crippen molar-refractivity contribution in [3.63, 3.8) is 0 Å². The summed E-state index contributed by atoms with van der Waals surface area (Å²) in [5.41, 5.74) is 1.31. The molecule has 1 heterocycles. The minimum atomic E-state index is -0.941. The molecule has 2 aromatic carbocycles. The van der Waals surface area contributed by atoms with Crippen molar-refractivity contribution in [1.82, 2.24) is 5.16 Å². The van der Waals surface area contributed by atoms with Crippen molar-refractivity contribution in [2.75, 3.05) is 18.5 Å². The maximum atomic E-state index is 12.5. The lowest BCUT2D eigenvalue weighted by atomic mass is 10.1. The second kappa shape index (κ2) is 10.3. The van der Waals surface area contributed by atoms with Crippen LogP contribution in [0.4, 0.5) is 5.69 Å². The van der Waals surface area contributed by atoms with E-state index in [1.807, 2.05) is 13.8 Å². The number of hydrogen-bond donors (Lipinski definition) is 3. The summed E-state index contributed by atoms with van der Waals surface area (Å²) in [6, 6.07) is 13.3. The third-order valence-corrected chi connectivity index (χ3v) is 4.38. The first kappa shape index (κ1) is 22.6. The normalized spacial score (nSPS) is 11.9. The van der Waals surface area contributed by atoms with Gasteiger partial charge in [-0.15, -0.1) is 0 Å². The van der Waals surface area contributed by atoms with Crippen LogP contribution >= 0.6 is 11.6 Å². The standard InChI is InChI=1S/C22H23ClN2O6/c1-13(2)30-20-8-5-15(9-18(20)23)24-22(28)19-10-21(31-25-19)14-3-6-17(7-4-14)29-12-16(27)11-26/h3-10,13,16,26-27H,11-12H2,1-2H3,(H,24,28)/t16-/m1/s1. The van der Waals surface area contributed by atoms with E-state index in [0.717, 1.165) is 0 Å². The van der Waals surface area contributed by atoms with Gasteiger partial charge in [0.05, 0.1) is 17.7 Å². The minimum Gasteiger partial charge on any atom is -0.491 e. The van der Waals surface area contributed by atoms with Gasteiger partial charge in [0.2, 0.25) is 0 Å². The molecule has 8 nitrogen and oxygen atoms in total. The van der Waals surface area contributed by atoms with E-state index in [1.165, 1.54) is 6.07 Å². The van der Waals surface area contributed by atoms with Crippen molar-refractivity contribution in [3.8, 4) is 22.8 Å². The summed E-state index contributed by atoms with van der Waals surface area (Å²) < 4.78 is 16.2. The van der Waals surface area contributed by atoms with Gasteiger partial charge in [-0.25, -0.2) is 0 Å². The predicted octanol–water partition coefficient (Wildman–Crippen LogP) is 3.77. The molecule has 3 aromatic rings. The zero-order chi connectivity index (χ0) is 22.4. The van der Waals surface area contributed by atoms with E-state index >= 15 is 0 Å². The molecule has 164 valence electrons. The third-order valence-electron chi connectivity index (χ3n) is 4.09. The van der Waals surface area contributed by atoms with Crippen LogP contribution < -0.4 is 14.8 Å². The molecule has 0 fully saturated rings.